The lowest BCUT2D eigenvalue weighted by atomic mass is 10.1. The number of nitro groups is 1. The number of aromatic nitrogens is 3. The number of nitrogens with zero attached hydrogens (tertiary/aromatic N) is 4. The molecule has 2 aromatic heterocycles. The number of nitrogens with one attached hydrogen (secondary N) is 1. The Hall–Kier alpha value is -3.36. The number of benzene rings is 1. The van der Waals surface area contributed by atoms with Gasteiger partial charge in [-0.3, -0.25) is 14.9 Å². The van der Waals surface area contributed by atoms with Crippen LogP contribution in [0.5, 0.6) is 0 Å². The lowest BCUT2D eigenvalue weighted by molar-refractivity contribution is -0.384. The van der Waals surface area contributed by atoms with Crippen LogP contribution in [0.4, 0.5) is 15.8 Å². The first-order chi connectivity index (χ1) is 13.3. The van der Waals surface area contributed by atoms with E-state index < -0.39 is 16.6 Å². The Labute approximate surface area is 159 Å². The number of nitro benzene ring substituents is 1. The maximum absolute atomic E-state index is 14.1. The van der Waals surface area contributed by atoms with Crippen molar-refractivity contribution in [2.24, 2.45) is 0 Å². The van der Waals surface area contributed by atoms with Crippen LogP contribution in [0.3, 0.4) is 0 Å². The van der Waals surface area contributed by atoms with Crippen LogP contribution >= 0.6 is 0 Å². The number of hydrogen-bond acceptors (Lipinski definition) is 5. The second-order valence-corrected chi connectivity index (χ2v) is 7.16. The number of carbonyl (C=O) groups excluding carboxylic acids is 1. The second-order valence-electron chi connectivity index (χ2n) is 7.16. The molecule has 0 saturated heterocycles. The maximum Gasteiger partial charge on any atom is 0.271 e. The minimum atomic E-state index is -0.746. The second kappa shape index (κ2) is 6.66. The summed E-state index contributed by atoms with van der Waals surface area (Å²) in [5.41, 5.74) is 1.18. The molecule has 1 amide bonds. The minimum absolute atomic E-state index is 0.0598. The van der Waals surface area contributed by atoms with Crippen molar-refractivity contribution in [2.45, 2.75) is 38.6 Å². The van der Waals surface area contributed by atoms with Crippen molar-refractivity contribution in [1.82, 2.24) is 14.8 Å². The molecule has 1 aliphatic carbocycles. The number of pyridine rings is 1. The van der Waals surface area contributed by atoms with E-state index in [0.717, 1.165) is 36.7 Å². The molecular formula is C19H18FN5O3. The van der Waals surface area contributed by atoms with Crippen molar-refractivity contribution < 1.29 is 14.1 Å². The monoisotopic (exact) mass is 383 g/mol. The fourth-order valence-electron chi connectivity index (χ4n) is 3.10. The van der Waals surface area contributed by atoms with E-state index in [1.165, 1.54) is 0 Å². The predicted molar refractivity (Wildman–Crippen MR) is 101 cm³/mol. The Balaban J connectivity index is 1.77. The van der Waals surface area contributed by atoms with Gasteiger partial charge in [-0.2, -0.15) is 5.10 Å². The molecular weight excluding hydrogens is 365 g/mol. The third kappa shape index (κ3) is 3.19. The van der Waals surface area contributed by atoms with Crippen LogP contribution in [0, 0.1) is 15.9 Å². The molecule has 0 unspecified atom stereocenters. The zero-order valence-electron chi connectivity index (χ0n) is 15.3. The Morgan fingerprint density at radius 3 is 2.75 bits per heavy atom. The van der Waals surface area contributed by atoms with Crippen LogP contribution < -0.4 is 5.32 Å². The Morgan fingerprint density at radius 2 is 2.11 bits per heavy atom. The van der Waals surface area contributed by atoms with Gasteiger partial charge in [-0.25, -0.2) is 14.1 Å². The van der Waals surface area contributed by atoms with Crippen LogP contribution in [0.1, 0.15) is 54.7 Å². The first-order valence-corrected chi connectivity index (χ1v) is 8.98. The molecule has 0 radical (unpaired) electrons. The summed E-state index contributed by atoms with van der Waals surface area (Å²) < 4.78 is 15.8. The molecule has 0 atom stereocenters. The average molecular weight is 383 g/mol. The van der Waals surface area contributed by atoms with Crippen LogP contribution in [0.25, 0.3) is 11.0 Å². The fraction of sp³-hybridized carbons (Fsp3) is 0.316. The number of amides is 1. The zero-order chi connectivity index (χ0) is 20.0. The lowest BCUT2D eigenvalue weighted by Crippen LogP contribution is -2.15. The van der Waals surface area contributed by atoms with E-state index in [0.29, 0.717) is 22.5 Å². The smallest absolute Gasteiger partial charge is 0.271 e. The van der Waals surface area contributed by atoms with Crippen LogP contribution in [-0.2, 0) is 0 Å². The van der Waals surface area contributed by atoms with Gasteiger partial charge in [0.1, 0.15) is 5.82 Å². The number of hydrogen-bond donors (Lipinski definition) is 1. The highest BCUT2D eigenvalue weighted by molar-refractivity contribution is 6.12. The van der Waals surface area contributed by atoms with E-state index in [9.17, 15) is 19.3 Å². The SMILES string of the molecule is CC(C)n1ncc2c(C(=O)Nc3cc([N+](=O)[O-])ccc3F)cc(C3CC3)nc21. The van der Waals surface area contributed by atoms with Crippen LogP contribution in [-0.4, -0.2) is 25.6 Å². The number of rotatable bonds is 5. The molecule has 0 spiro atoms. The highest BCUT2D eigenvalue weighted by Gasteiger charge is 2.28. The molecule has 8 nitrogen and oxygen atoms in total. The number of non-ortho nitro benzene ring substituents is 1. The van der Waals surface area contributed by atoms with Crippen molar-refractivity contribution in [2.75, 3.05) is 5.32 Å². The van der Waals surface area contributed by atoms with Gasteiger partial charge in [0, 0.05) is 29.8 Å². The first-order valence-electron chi connectivity index (χ1n) is 8.98. The molecule has 0 bridgehead atoms. The summed E-state index contributed by atoms with van der Waals surface area (Å²) >= 11 is 0. The van der Waals surface area contributed by atoms with Gasteiger partial charge in [0.15, 0.2) is 5.65 Å². The highest BCUT2D eigenvalue weighted by Crippen LogP contribution is 2.40. The van der Waals surface area contributed by atoms with Gasteiger partial charge < -0.3 is 5.32 Å². The molecule has 4 rings (SSSR count). The molecule has 28 heavy (non-hydrogen) atoms. The summed E-state index contributed by atoms with van der Waals surface area (Å²) in [4.78, 5) is 27.9. The normalized spacial score (nSPS) is 13.9. The molecule has 144 valence electrons. The summed E-state index contributed by atoms with van der Waals surface area (Å²) in [7, 11) is 0. The van der Waals surface area contributed by atoms with E-state index in [1.807, 2.05) is 13.8 Å². The van der Waals surface area contributed by atoms with Gasteiger partial charge in [-0.1, -0.05) is 0 Å². The van der Waals surface area contributed by atoms with Gasteiger partial charge in [-0.15, -0.1) is 0 Å². The number of fused-ring (bicyclic) bond motifs is 1. The number of carbonyl (C=O) groups is 1. The Morgan fingerprint density at radius 1 is 1.36 bits per heavy atom. The predicted octanol–water partition coefficient (Wildman–Crippen LogP) is 4.19. The first kappa shape index (κ1) is 18.0. The van der Waals surface area contributed by atoms with E-state index in [1.54, 1.807) is 16.9 Å². The quantitative estimate of drug-likeness (QED) is 0.526. The molecule has 1 aromatic carbocycles. The van der Waals surface area contributed by atoms with Gasteiger partial charge >= 0.3 is 0 Å². The molecule has 9 heteroatoms. The van der Waals surface area contributed by atoms with E-state index in [-0.39, 0.29) is 17.4 Å². The molecule has 2 heterocycles. The standard InChI is InChI=1S/C19H18FN5O3/c1-10(2)24-18-14(9-21-24)13(8-16(22-18)11-3-4-11)19(26)23-17-7-12(25(27)28)5-6-15(17)20/h5-11H,3-4H2,1-2H3,(H,23,26). The Kier molecular flexibility index (Phi) is 4.29. The van der Waals surface area contributed by atoms with Crippen molar-refractivity contribution >= 4 is 28.3 Å². The summed E-state index contributed by atoms with van der Waals surface area (Å²) in [6.07, 6.45) is 3.58. The molecule has 1 fully saturated rings. The topological polar surface area (TPSA) is 103 Å². The minimum Gasteiger partial charge on any atom is -0.319 e. The zero-order valence-corrected chi connectivity index (χ0v) is 15.3. The van der Waals surface area contributed by atoms with Gasteiger partial charge in [0.2, 0.25) is 0 Å². The maximum atomic E-state index is 14.1. The number of anilines is 1. The van der Waals surface area contributed by atoms with E-state index in [4.69, 9.17) is 0 Å². The van der Waals surface area contributed by atoms with E-state index >= 15 is 0 Å². The summed E-state index contributed by atoms with van der Waals surface area (Å²) in [5, 5.41) is 18.3. The average Bonchev–Trinajstić information content (AvgIpc) is 3.41. The largest absolute Gasteiger partial charge is 0.319 e. The van der Waals surface area contributed by atoms with Gasteiger partial charge in [-0.05, 0) is 38.8 Å². The Bertz CT molecular complexity index is 1100. The molecule has 1 N–H and O–H groups in total. The summed E-state index contributed by atoms with van der Waals surface area (Å²) in [6, 6.07) is 4.78. The molecule has 1 aliphatic rings. The summed E-state index contributed by atoms with van der Waals surface area (Å²) in [6.45, 7) is 3.94. The lowest BCUT2D eigenvalue weighted by Gasteiger charge is -2.11. The molecule has 1 saturated carbocycles. The third-order valence-corrected chi connectivity index (χ3v) is 4.72. The summed E-state index contributed by atoms with van der Waals surface area (Å²) in [5.74, 6) is -0.998. The van der Waals surface area contributed by atoms with Crippen LogP contribution in [0.15, 0.2) is 30.5 Å². The fourth-order valence-corrected chi connectivity index (χ4v) is 3.10. The van der Waals surface area contributed by atoms with Crippen molar-refractivity contribution in [1.29, 1.82) is 0 Å². The van der Waals surface area contributed by atoms with Gasteiger partial charge in [0.05, 0.1) is 27.8 Å². The van der Waals surface area contributed by atoms with Crippen molar-refractivity contribution in [3.05, 3.63) is 57.7 Å². The van der Waals surface area contributed by atoms with Crippen LogP contribution in [0.2, 0.25) is 0 Å². The third-order valence-electron chi connectivity index (χ3n) is 4.72. The molecule has 3 aromatic rings. The van der Waals surface area contributed by atoms with Gasteiger partial charge in [0.25, 0.3) is 11.6 Å². The van der Waals surface area contributed by atoms with E-state index in [2.05, 4.69) is 15.4 Å². The van der Waals surface area contributed by atoms with Crippen molar-refractivity contribution in [3.63, 3.8) is 0 Å². The number of halogens is 1. The highest BCUT2D eigenvalue weighted by atomic mass is 19.1. The van der Waals surface area contributed by atoms with Crippen molar-refractivity contribution in [3.8, 4) is 0 Å². The molecule has 0 aliphatic heterocycles.